The van der Waals surface area contributed by atoms with Gasteiger partial charge in [-0.05, 0) is 13.0 Å². The van der Waals surface area contributed by atoms with Crippen molar-refractivity contribution in [3.8, 4) is 5.88 Å². The van der Waals surface area contributed by atoms with E-state index in [1.165, 1.54) is 6.07 Å². The molecule has 6 heteroatoms. The number of fused-ring (bicyclic) bond motifs is 1. The van der Waals surface area contributed by atoms with Gasteiger partial charge in [0.2, 0.25) is 5.88 Å². The molecule has 0 saturated heterocycles. The molecule has 0 unspecified atom stereocenters. The second-order valence-corrected chi connectivity index (χ2v) is 3.67. The summed E-state index contributed by atoms with van der Waals surface area (Å²) in [6, 6.07) is 2.13. The standard InChI is InChI=1S/C11H7ClF3NO/c1-2-17-8-4-6(12)5-3-7(13)9(14)10(15)11(5)16-8/h3-4H,2H2,1H3. The molecule has 2 aromatic rings. The van der Waals surface area contributed by atoms with E-state index >= 15 is 0 Å². The fourth-order valence-corrected chi connectivity index (χ4v) is 1.66. The van der Waals surface area contributed by atoms with E-state index in [9.17, 15) is 13.2 Å². The molecule has 1 aromatic heterocycles. The summed E-state index contributed by atoms with van der Waals surface area (Å²) in [6.45, 7) is 2.02. The van der Waals surface area contributed by atoms with Crippen LogP contribution in [0.2, 0.25) is 5.02 Å². The highest BCUT2D eigenvalue weighted by atomic mass is 35.5. The van der Waals surface area contributed by atoms with Crippen molar-refractivity contribution in [1.29, 1.82) is 0 Å². The number of benzene rings is 1. The fourth-order valence-electron chi connectivity index (χ4n) is 1.43. The average molecular weight is 262 g/mol. The van der Waals surface area contributed by atoms with Crippen LogP contribution in [0.1, 0.15) is 6.92 Å². The van der Waals surface area contributed by atoms with Crippen molar-refractivity contribution in [2.75, 3.05) is 6.61 Å². The minimum absolute atomic E-state index is 0.00604. The third-order valence-electron chi connectivity index (χ3n) is 2.16. The molecule has 1 aromatic carbocycles. The summed E-state index contributed by atoms with van der Waals surface area (Å²) < 4.78 is 44.6. The van der Waals surface area contributed by atoms with Gasteiger partial charge in [-0.25, -0.2) is 18.2 Å². The van der Waals surface area contributed by atoms with E-state index in [0.29, 0.717) is 6.61 Å². The lowest BCUT2D eigenvalue weighted by atomic mass is 10.2. The van der Waals surface area contributed by atoms with Crippen LogP contribution in [0, 0.1) is 17.5 Å². The molecule has 17 heavy (non-hydrogen) atoms. The Morgan fingerprint density at radius 2 is 1.94 bits per heavy atom. The number of nitrogens with zero attached hydrogens (tertiary/aromatic N) is 1. The molecule has 0 aliphatic rings. The highest BCUT2D eigenvalue weighted by Crippen LogP contribution is 2.30. The number of hydrogen-bond acceptors (Lipinski definition) is 2. The molecule has 0 saturated carbocycles. The molecule has 0 radical (unpaired) electrons. The minimum atomic E-state index is -1.57. The highest BCUT2D eigenvalue weighted by molar-refractivity contribution is 6.35. The normalized spacial score (nSPS) is 10.9. The Balaban J connectivity index is 2.78. The predicted molar refractivity (Wildman–Crippen MR) is 57.8 cm³/mol. The lowest BCUT2D eigenvalue weighted by Gasteiger charge is -2.07. The van der Waals surface area contributed by atoms with Gasteiger partial charge in [-0.2, -0.15) is 0 Å². The maximum absolute atomic E-state index is 13.5. The van der Waals surface area contributed by atoms with Gasteiger partial charge >= 0.3 is 0 Å². The molecule has 0 bridgehead atoms. The largest absolute Gasteiger partial charge is 0.478 e. The Bertz CT molecular complexity index is 589. The van der Waals surface area contributed by atoms with Crippen LogP contribution in [0.25, 0.3) is 10.9 Å². The van der Waals surface area contributed by atoms with E-state index in [0.717, 1.165) is 6.07 Å². The third-order valence-corrected chi connectivity index (χ3v) is 2.47. The number of pyridine rings is 1. The Kier molecular flexibility index (Phi) is 3.11. The van der Waals surface area contributed by atoms with Gasteiger partial charge in [-0.15, -0.1) is 0 Å². The van der Waals surface area contributed by atoms with Gasteiger partial charge in [0.1, 0.15) is 5.52 Å². The number of hydrogen-bond donors (Lipinski definition) is 0. The summed E-state index contributed by atoms with van der Waals surface area (Å²) in [5, 5.41) is 0.0581. The Labute approximate surface area is 100.0 Å². The van der Waals surface area contributed by atoms with Crippen LogP contribution in [-0.2, 0) is 0 Å². The Morgan fingerprint density at radius 3 is 2.59 bits per heavy atom. The molecule has 0 aliphatic heterocycles. The molecule has 2 nitrogen and oxygen atoms in total. The zero-order valence-electron chi connectivity index (χ0n) is 8.73. The van der Waals surface area contributed by atoms with Gasteiger partial charge in [0.25, 0.3) is 0 Å². The molecule has 0 fully saturated rings. The predicted octanol–water partition coefficient (Wildman–Crippen LogP) is 3.70. The van der Waals surface area contributed by atoms with Crippen LogP contribution in [0.4, 0.5) is 13.2 Å². The Hall–Kier alpha value is -1.49. The quantitative estimate of drug-likeness (QED) is 0.769. The number of rotatable bonds is 2. The van der Waals surface area contributed by atoms with Crippen molar-refractivity contribution in [1.82, 2.24) is 4.98 Å². The topological polar surface area (TPSA) is 22.1 Å². The smallest absolute Gasteiger partial charge is 0.215 e. The second kappa shape index (κ2) is 4.41. The van der Waals surface area contributed by atoms with Crippen LogP contribution >= 0.6 is 11.6 Å². The maximum atomic E-state index is 13.5. The van der Waals surface area contributed by atoms with E-state index in [2.05, 4.69) is 4.98 Å². The highest BCUT2D eigenvalue weighted by Gasteiger charge is 2.17. The van der Waals surface area contributed by atoms with E-state index < -0.39 is 17.5 Å². The van der Waals surface area contributed by atoms with Crippen LogP contribution < -0.4 is 4.74 Å². The molecule has 0 atom stereocenters. The number of aromatic nitrogens is 1. The van der Waals surface area contributed by atoms with Crippen molar-refractivity contribution < 1.29 is 17.9 Å². The molecule has 0 spiro atoms. The van der Waals surface area contributed by atoms with Gasteiger partial charge < -0.3 is 4.74 Å². The Morgan fingerprint density at radius 1 is 1.24 bits per heavy atom. The first-order valence-corrected chi connectivity index (χ1v) is 5.19. The van der Waals surface area contributed by atoms with Crippen LogP contribution in [0.5, 0.6) is 5.88 Å². The van der Waals surface area contributed by atoms with Crippen molar-refractivity contribution in [2.24, 2.45) is 0 Å². The monoisotopic (exact) mass is 261 g/mol. The van der Waals surface area contributed by atoms with Crippen molar-refractivity contribution >= 4 is 22.5 Å². The van der Waals surface area contributed by atoms with E-state index in [1.807, 2.05) is 0 Å². The molecule has 0 N–H and O–H groups in total. The van der Waals surface area contributed by atoms with Crippen molar-refractivity contribution in [2.45, 2.75) is 6.92 Å². The molecule has 0 amide bonds. The third kappa shape index (κ3) is 2.02. The van der Waals surface area contributed by atoms with Crippen molar-refractivity contribution in [3.63, 3.8) is 0 Å². The zero-order valence-corrected chi connectivity index (χ0v) is 9.49. The summed E-state index contributed by atoms with van der Waals surface area (Å²) >= 11 is 5.82. The van der Waals surface area contributed by atoms with Gasteiger partial charge in [-0.3, -0.25) is 0 Å². The second-order valence-electron chi connectivity index (χ2n) is 3.26. The molecular weight excluding hydrogens is 255 g/mol. The first kappa shape index (κ1) is 12.0. The number of halogens is 4. The zero-order chi connectivity index (χ0) is 12.6. The maximum Gasteiger partial charge on any atom is 0.215 e. The summed E-state index contributed by atoms with van der Waals surface area (Å²) in [5.74, 6) is -4.18. The van der Waals surface area contributed by atoms with Crippen LogP contribution in [0.3, 0.4) is 0 Å². The summed E-state index contributed by atoms with van der Waals surface area (Å²) in [7, 11) is 0. The fraction of sp³-hybridized carbons (Fsp3) is 0.182. The average Bonchev–Trinajstić information content (AvgIpc) is 2.29. The molecule has 0 aliphatic carbocycles. The van der Waals surface area contributed by atoms with E-state index in [4.69, 9.17) is 16.3 Å². The van der Waals surface area contributed by atoms with Crippen LogP contribution in [-0.4, -0.2) is 11.6 Å². The lowest BCUT2D eigenvalue weighted by Crippen LogP contribution is -1.99. The summed E-state index contributed by atoms with van der Waals surface area (Å²) in [5.41, 5.74) is -0.347. The van der Waals surface area contributed by atoms with Gasteiger partial charge in [-0.1, -0.05) is 11.6 Å². The molecule has 2 rings (SSSR count). The first-order valence-electron chi connectivity index (χ1n) is 4.81. The van der Waals surface area contributed by atoms with Crippen LogP contribution in [0.15, 0.2) is 12.1 Å². The molecular formula is C11H7ClF3NO. The van der Waals surface area contributed by atoms with Gasteiger partial charge in [0, 0.05) is 11.5 Å². The van der Waals surface area contributed by atoms with Crippen molar-refractivity contribution in [3.05, 3.63) is 34.6 Å². The molecule has 1 heterocycles. The summed E-state index contributed by atoms with van der Waals surface area (Å²) in [4.78, 5) is 3.74. The number of ether oxygens (including phenoxy) is 1. The van der Waals surface area contributed by atoms with Gasteiger partial charge in [0.05, 0.1) is 11.6 Å². The minimum Gasteiger partial charge on any atom is -0.478 e. The van der Waals surface area contributed by atoms with Gasteiger partial charge in [0.15, 0.2) is 17.5 Å². The molecule has 90 valence electrons. The lowest BCUT2D eigenvalue weighted by molar-refractivity contribution is 0.327. The van der Waals surface area contributed by atoms with E-state index in [-0.39, 0.29) is 21.8 Å². The van der Waals surface area contributed by atoms with E-state index in [1.54, 1.807) is 6.92 Å². The first-order chi connectivity index (χ1) is 8.04. The SMILES string of the molecule is CCOc1cc(Cl)c2cc(F)c(F)c(F)c2n1. The summed E-state index contributed by atoms with van der Waals surface area (Å²) in [6.07, 6.45) is 0.